The lowest BCUT2D eigenvalue weighted by atomic mass is 10.1. The first-order valence-electron chi connectivity index (χ1n) is 5.59. The number of benzene rings is 1. The van der Waals surface area contributed by atoms with Crippen molar-refractivity contribution in [2.75, 3.05) is 0 Å². The van der Waals surface area contributed by atoms with E-state index in [4.69, 9.17) is 0 Å². The molecule has 0 aliphatic heterocycles. The van der Waals surface area contributed by atoms with Crippen molar-refractivity contribution in [3.05, 3.63) is 53.6 Å². The zero-order valence-corrected chi connectivity index (χ0v) is 9.74. The summed E-state index contributed by atoms with van der Waals surface area (Å²) in [6.07, 6.45) is 2.91. The molecule has 2 rings (SSSR count). The fraction of sp³-hybridized carbons (Fsp3) is 0.308. The molecule has 1 heterocycles. The molecule has 0 radical (unpaired) electrons. The van der Waals surface area contributed by atoms with Crippen molar-refractivity contribution in [1.29, 1.82) is 0 Å². The van der Waals surface area contributed by atoms with Crippen LogP contribution in [0.5, 0.6) is 0 Å². The van der Waals surface area contributed by atoms with Crippen molar-refractivity contribution in [2.45, 2.75) is 26.2 Å². The van der Waals surface area contributed by atoms with Crippen molar-refractivity contribution in [3.63, 3.8) is 0 Å². The van der Waals surface area contributed by atoms with Crippen molar-refractivity contribution < 1.29 is 10.2 Å². The van der Waals surface area contributed by atoms with Crippen LogP contribution in [0.1, 0.15) is 30.0 Å². The smallest absolute Gasteiger partial charge is 0.137 e. The van der Waals surface area contributed by atoms with Gasteiger partial charge in [0.05, 0.1) is 6.61 Å². The number of imidazole rings is 1. The van der Waals surface area contributed by atoms with Crippen LogP contribution in [-0.4, -0.2) is 19.8 Å². The van der Waals surface area contributed by atoms with Gasteiger partial charge in [0.2, 0.25) is 0 Å². The van der Waals surface area contributed by atoms with E-state index in [0.29, 0.717) is 12.4 Å². The summed E-state index contributed by atoms with van der Waals surface area (Å²) in [4.78, 5) is 4.12. The molecule has 0 spiro atoms. The Bertz CT molecular complexity index is 492. The first kappa shape index (κ1) is 11.8. The van der Waals surface area contributed by atoms with Gasteiger partial charge in [-0.15, -0.1) is 0 Å². The minimum Gasteiger partial charge on any atom is -0.392 e. The maximum absolute atomic E-state index is 9.57. The number of hydrogen-bond acceptors (Lipinski definition) is 3. The van der Waals surface area contributed by atoms with Gasteiger partial charge >= 0.3 is 0 Å². The maximum atomic E-state index is 9.57. The molecule has 0 fully saturated rings. The SMILES string of the molecule is CC(O)c1nccn1Cc1ccccc1CO. The van der Waals surface area contributed by atoms with Gasteiger partial charge in [-0.3, -0.25) is 0 Å². The van der Waals surface area contributed by atoms with E-state index in [1.807, 2.05) is 35.0 Å². The largest absolute Gasteiger partial charge is 0.392 e. The average Bonchev–Trinajstić information content (AvgIpc) is 2.78. The fourth-order valence-corrected chi connectivity index (χ4v) is 1.87. The fourth-order valence-electron chi connectivity index (χ4n) is 1.87. The Morgan fingerprint density at radius 1 is 1.29 bits per heavy atom. The topological polar surface area (TPSA) is 58.3 Å². The molecule has 2 aromatic rings. The Morgan fingerprint density at radius 3 is 2.65 bits per heavy atom. The average molecular weight is 232 g/mol. The monoisotopic (exact) mass is 232 g/mol. The third-order valence-corrected chi connectivity index (χ3v) is 2.75. The Morgan fingerprint density at radius 2 is 2.00 bits per heavy atom. The molecule has 0 amide bonds. The van der Waals surface area contributed by atoms with E-state index in [0.717, 1.165) is 11.1 Å². The summed E-state index contributed by atoms with van der Waals surface area (Å²) < 4.78 is 1.89. The minimum absolute atomic E-state index is 0.0227. The van der Waals surface area contributed by atoms with Crippen LogP contribution in [0, 0.1) is 0 Å². The molecule has 0 saturated carbocycles. The molecule has 0 aliphatic rings. The molecule has 1 aromatic heterocycles. The number of rotatable bonds is 4. The summed E-state index contributed by atoms with van der Waals surface area (Å²) in [7, 11) is 0. The zero-order valence-electron chi connectivity index (χ0n) is 9.74. The molecule has 0 bridgehead atoms. The van der Waals surface area contributed by atoms with Gasteiger partial charge in [0.25, 0.3) is 0 Å². The van der Waals surface area contributed by atoms with Gasteiger partial charge < -0.3 is 14.8 Å². The van der Waals surface area contributed by atoms with Gasteiger partial charge in [0, 0.05) is 18.9 Å². The first-order chi connectivity index (χ1) is 8.22. The highest BCUT2D eigenvalue weighted by atomic mass is 16.3. The van der Waals surface area contributed by atoms with Crippen LogP contribution in [0.2, 0.25) is 0 Å². The molecule has 4 nitrogen and oxygen atoms in total. The van der Waals surface area contributed by atoms with Crippen LogP contribution >= 0.6 is 0 Å². The summed E-state index contributed by atoms with van der Waals surface area (Å²) in [5, 5.41) is 18.8. The Balaban J connectivity index is 2.28. The maximum Gasteiger partial charge on any atom is 0.137 e. The molecule has 1 unspecified atom stereocenters. The second-order valence-electron chi connectivity index (χ2n) is 4.02. The lowest BCUT2D eigenvalue weighted by molar-refractivity contribution is 0.184. The number of aliphatic hydroxyl groups excluding tert-OH is 2. The molecule has 17 heavy (non-hydrogen) atoms. The van der Waals surface area contributed by atoms with E-state index in [-0.39, 0.29) is 6.61 Å². The zero-order chi connectivity index (χ0) is 12.3. The second-order valence-corrected chi connectivity index (χ2v) is 4.02. The van der Waals surface area contributed by atoms with Crippen LogP contribution in [0.25, 0.3) is 0 Å². The molecular formula is C13H16N2O2. The van der Waals surface area contributed by atoms with Crippen LogP contribution in [0.3, 0.4) is 0 Å². The van der Waals surface area contributed by atoms with Crippen molar-refractivity contribution in [2.24, 2.45) is 0 Å². The van der Waals surface area contributed by atoms with E-state index < -0.39 is 6.10 Å². The molecule has 1 atom stereocenters. The summed E-state index contributed by atoms with van der Waals surface area (Å²) in [5.74, 6) is 0.637. The van der Waals surface area contributed by atoms with Crippen LogP contribution in [0.15, 0.2) is 36.7 Å². The number of nitrogens with zero attached hydrogens (tertiary/aromatic N) is 2. The Hall–Kier alpha value is -1.65. The van der Waals surface area contributed by atoms with E-state index >= 15 is 0 Å². The predicted molar refractivity (Wildman–Crippen MR) is 64.3 cm³/mol. The third-order valence-electron chi connectivity index (χ3n) is 2.75. The number of aromatic nitrogens is 2. The third kappa shape index (κ3) is 2.54. The highest BCUT2D eigenvalue weighted by Crippen LogP contribution is 2.15. The van der Waals surface area contributed by atoms with Gasteiger partial charge in [0.15, 0.2) is 0 Å². The first-order valence-corrected chi connectivity index (χ1v) is 5.59. The summed E-state index contributed by atoms with van der Waals surface area (Å²) >= 11 is 0. The molecule has 1 aromatic carbocycles. The predicted octanol–water partition coefficient (Wildman–Crippen LogP) is 1.48. The van der Waals surface area contributed by atoms with Crippen LogP contribution < -0.4 is 0 Å². The van der Waals surface area contributed by atoms with Crippen molar-refractivity contribution >= 4 is 0 Å². The van der Waals surface area contributed by atoms with E-state index in [9.17, 15) is 10.2 Å². The molecule has 0 saturated heterocycles. The van der Waals surface area contributed by atoms with Crippen LogP contribution in [-0.2, 0) is 13.2 Å². The molecular weight excluding hydrogens is 216 g/mol. The van der Waals surface area contributed by atoms with Crippen molar-refractivity contribution in [3.8, 4) is 0 Å². The second kappa shape index (κ2) is 5.12. The standard InChI is InChI=1S/C13H16N2O2/c1-10(17)13-14-6-7-15(13)8-11-4-2-3-5-12(11)9-16/h2-7,10,16-17H,8-9H2,1H3. The van der Waals surface area contributed by atoms with Crippen LogP contribution in [0.4, 0.5) is 0 Å². The molecule has 2 N–H and O–H groups in total. The Kier molecular flexibility index (Phi) is 3.56. The van der Waals surface area contributed by atoms with Gasteiger partial charge in [-0.1, -0.05) is 24.3 Å². The van der Waals surface area contributed by atoms with E-state index in [1.54, 1.807) is 13.1 Å². The van der Waals surface area contributed by atoms with Gasteiger partial charge in [0.1, 0.15) is 11.9 Å². The summed E-state index contributed by atoms with van der Waals surface area (Å²) in [5.41, 5.74) is 1.94. The quantitative estimate of drug-likeness (QED) is 0.839. The van der Waals surface area contributed by atoms with E-state index in [2.05, 4.69) is 4.98 Å². The van der Waals surface area contributed by atoms with Gasteiger partial charge in [-0.25, -0.2) is 4.98 Å². The highest BCUT2D eigenvalue weighted by Gasteiger charge is 2.10. The number of hydrogen-bond donors (Lipinski definition) is 2. The molecule has 0 aliphatic carbocycles. The minimum atomic E-state index is -0.591. The number of aliphatic hydroxyl groups is 2. The Labute approximate surface area is 100 Å². The summed E-state index contributed by atoms with van der Waals surface area (Å²) in [6, 6.07) is 7.71. The van der Waals surface area contributed by atoms with Gasteiger partial charge in [-0.05, 0) is 18.1 Å². The lowest BCUT2D eigenvalue weighted by Gasteiger charge is -2.12. The van der Waals surface area contributed by atoms with E-state index in [1.165, 1.54) is 0 Å². The molecule has 4 heteroatoms. The van der Waals surface area contributed by atoms with Gasteiger partial charge in [-0.2, -0.15) is 0 Å². The highest BCUT2D eigenvalue weighted by molar-refractivity contribution is 5.27. The normalized spacial score (nSPS) is 12.6. The summed E-state index contributed by atoms with van der Waals surface area (Å²) in [6.45, 7) is 2.32. The van der Waals surface area contributed by atoms with Crippen molar-refractivity contribution in [1.82, 2.24) is 9.55 Å². The lowest BCUT2D eigenvalue weighted by Crippen LogP contribution is -2.08. The molecule has 90 valence electrons.